The molecule has 1 heterocycles. The first-order chi connectivity index (χ1) is 13.4. The van der Waals surface area contributed by atoms with Gasteiger partial charge in [0, 0.05) is 24.3 Å². The Hall–Kier alpha value is -2.62. The molecule has 0 bridgehead atoms. The van der Waals surface area contributed by atoms with Gasteiger partial charge in [-0.3, -0.25) is 9.59 Å². The van der Waals surface area contributed by atoms with Gasteiger partial charge in [0.25, 0.3) is 0 Å². The van der Waals surface area contributed by atoms with Gasteiger partial charge in [0.2, 0.25) is 11.8 Å². The average Bonchev–Trinajstić information content (AvgIpc) is 3.03. The number of amides is 2. The van der Waals surface area contributed by atoms with Crippen LogP contribution in [0.15, 0.2) is 48.5 Å². The lowest BCUT2D eigenvalue weighted by atomic mass is 9.87. The Kier molecular flexibility index (Phi) is 5.57. The Balaban J connectivity index is 1.66. The Morgan fingerprint density at radius 1 is 0.862 bits per heavy atom. The minimum Gasteiger partial charge on any atom is -0.326 e. The third-order valence-corrected chi connectivity index (χ3v) is 5.56. The number of hydrogen-bond donors (Lipinski definition) is 1. The van der Waals surface area contributed by atoms with Crippen LogP contribution >= 0.6 is 0 Å². The third-order valence-electron chi connectivity index (χ3n) is 5.56. The van der Waals surface area contributed by atoms with E-state index < -0.39 is 0 Å². The molecule has 1 aliphatic rings. The number of nitrogens with one attached hydrogen (secondary N) is 1. The molecule has 1 saturated heterocycles. The molecule has 154 valence electrons. The summed E-state index contributed by atoms with van der Waals surface area (Å²) >= 11 is 0. The highest BCUT2D eigenvalue weighted by Crippen LogP contribution is 2.29. The van der Waals surface area contributed by atoms with Gasteiger partial charge in [-0.25, -0.2) is 0 Å². The summed E-state index contributed by atoms with van der Waals surface area (Å²) in [5, 5.41) is 2.97. The maximum Gasteiger partial charge on any atom is 0.229 e. The van der Waals surface area contributed by atoms with Gasteiger partial charge in [-0.1, -0.05) is 65.8 Å². The van der Waals surface area contributed by atoms with Crippen LogP contribution in [0.4, 0.5) is 11.4 Å². The molecule has 4 nitrogen and oxygen atoms in total. The summed E-state index contributed by atoms with van der Waals surface area (Å²) in [5.41, 5.74) is 4.20. The van der Waals surface area contributed by atoms with Crippen molar-refractivity contribution in [3.63, 3.8) is 0 Å². The van der Waals surface area contributed by atoms with Crippen LogP contribution in [-0.2, 0) is 20.4 Å². The van der Waals surface area contributed by atoms with Gasteiger partial charge < -0.3 is 10.2 Å². The Bertz CT molecular complexity index is 884. The average molecular weight is 393 g/mol. The van der Waals surface area contributed by atoms with E-state index >= 15 is 0 Å². The van der Waals surface area contributed by atoms with Gasteiger partial charge in [0.15, 0.2) is 0 Å². The molecule has 0 spiro atoms. The van der Waals surface area contributed by atoms with E-state index in [4.69, 9.17) is 0 Å². The van der Waals surface area contributed by atoms with E-state index in [2.05, 4.69) is 59.0 Å². The first kappa shape index (κ1) is 21.1. The minimum atomic E-state index is -0.341. The van der Waals surface area contributed by atoms with Gasteiger partial charge in [0.05, 0.1) is 5.92 Å². The summed E-state index contributed by atoms with van der Waals surface area (Å²) in [7, 11) is 0. The zero-order valence-corrected chi connectivity index (χ0v) is 18.4. The summed E-state index contributed by atoms with van der Waals surface area (Å²) in [5.74, 6) is -0.445. The number of benzene rings is 2. The lowest BCUT2D eigenvalue weighted by molar-refractivity contribution is -0.122. The smallest absolute Gasteiger partial charge is 0.229 e. The second kappa shape index (κ2) is 7.66. The normalized spacial score (nSPS) is 17.5. The number of hydrogen-bond acceptors (Lipinski definition) is 2. The van der Waals surface area contributed by atoms with Crippen LogP contribution in [0.5, 0.6) is 0 Å². The molecule has 1 atom stereocenters. The van der Waals surface area contributed by atoms with Gasteiger partial charge in [-0.15, -0.1) is 0 Å². The fourth-order valence-corrected chi connectivity index (χ4v) is 3.57. The second-order valence-electron chi connectivity index (χ2n) is 10.0. The largest absolute Gasteiger partial charge is 0.326 e. The maximum atomic E-state index is 12.7. The third kappa shape index (κ3) is 4.87. The predicted octanol–water partition coefficient (Wildman–Crippen LogP) is 5.27. The molecule has 0 aromatic heterocycles. The van der Waals surface area contributed by atoms with E-state index in [1.165, 1.54) is 11.1 Å². The molecule has 1 fully saturated rings. The lowest BCUT2D eigenvalue weighted by Crippen LogP contribution is -2.28. The van der Waals surface area contributed by atoms with Crippen molar-refractivity contribution in [1.29, 1.82) is 0 Å². The van der Waals surface area contributed by atoms with Crippen LogP contribution in [0.1, 0.15) is 59.1 Å². The Labute approximate surface area is 174 Å². The summed E-state index contributed by atoms with van der Waals surface area (Å²) in [6.07, 6.45) is 0.243. The molecule has 3 rings (SSSR count). The van der Waals surface area contributed by atoms with Crippen molar-refractivity contribution in [2.24, 2.45) is 5.92 Å². The highest BCUT2D eigenvalue weighted by Gasteiger charge is 2.35. The van der Waals surface area contributed by atoms with Crippen molar-refractivity contribution in [2.75, 3.05) is 16.8 Å². The van der Waals surface area contributed by atoms with Crippen molar-refractivity contribution in [2.45, 2.75) is 58.8 Å². The molecule has 2 aromatic carbocycles. The SMILES string of the molecule is CC(C)(C)c1ccc(NC(=O)C2CC(=O)N(c3ccc(C(C)(C)C)cc3)C2)cc1. The fraction of sp³-hybridized carbons (Fsp3) is 0.440. The minimum absolute atomic E-state index is 0.00302. The van der Waals surface area contributed by atoms with Gasteiger partial charge in [-0.05, 0) is 46.2 Å². The molecule has 4 heteroatoms. The number of carbonyl (C=O) groups is 2. The summed E-state index contributed by atoms with van der Waals surface area (Å²) in [6, 6.07) is 16.0. The molecule has 1 aliphatic heterocycles. The molecule has 0 radical (unpaired) electrons. The van der Waals surface area contributed by atoms with E-state index in [1.807, 2.05) is 36.4 Å². The molecule has 2 aromatic rings. The van der Waals surface area contributed by atoms with Crippen LogP contribution in [0.2, 0.25) is 0 Å². The standard InChI is InChI=1S/C25H32N2O2/c1-24(2,3)18-7-11-20(12-8-18)26-23(29)17-15-22(28)27(16-17)21-13-9-19(10-14-21)25(4,5)6/h7-14,17H,15-16H2,1-6H3,(H,26,29). The second-order valence-corrected chi connectivity index (χ2v) is 10.0. The highest BCUT2D eigenvalue weighted by atomic mass is 16.2. The maximum absolute atomic E-state index is 12.7. The predicted molar refractivity (Wildman–Crippen MR) is 119 cm³/mol. The van der Waals surface area contributed by atoms with Gasteiger partial charge in [-0.2, -0.15) is 0 Å². The van der Waals surface area contributed by atoms with Gasteiger partial charge >= 0.3 is 0 Å². The number of anilines is 2. The molecule has 0 aliphatic carbocycles. The van der Waals surface area contributed by atoms with Crippen LogP contribution in [0.25, 0.3) is 0 Å². The molecule has 1 N–H and O–H groups in total. The molecular formula is C25H32N2O2. The number of rotatable bonds is 3. The molecule has 29 heavy (non-hydrogen) atoms. The monoisotopic (exact) mass is 392 g/mol. The van der Waals surface area contributed by atoms with Crippen molar-refractivity contribution in [1.82, 2.24) is 0 Å². The van der Waals surface area contributed by atoms with Crippen LogP contribution in [0, 0.1) is 5.92 Å². The molecule has 2 amide bonds. The van der Waals surface area contributed by atoms with Crippen molar-refractivity contribution in [3.8, 4) is 0 Å². The quantitative estimate of drug-likeness (QED) is 0.773. The van der Waals surface area contributed by atoms with Crippen LogP contribution < -0.4 is 10.2 Å². The lowest BCUT2D eigenvalue weighted by Gasteiger charge is -2.22. The fourth-order valence-electron chi connectivity index (χ4n) is 3.57. The Morgan fingerprint density at radius 3 is 1.83 bits per heavy atom. The molecule has 1 unspecified atom stereocenters. The first-order valence-corrected chi connectivity index (χ1v) is 10.3. The van der Waals surface area contributed by atoms with Crippen LogP contribution in [0.3, 0.4) is 0 Å². The van der Waals surface area contributed by atoms with E-state index in [-0.39, 0.29) is 35.0 Å². The Morgan fingerprint density at radius 2 is 1.34 bits per heavy atom. The van der Waals surface area contributed by atoms with E-state index in [9.17, 15) is 9.59 Å². The summed E-state index contributed by atoms with van der Waals surface area (Å²) < 4.78 is 0. The number of nitrogens with zero attached hydrogens (tertiary/aromatic N) is 1. The van der Waals surface area contributed by atoms with E-state index in [1.54, 1.807) is 4.90 Å². The summed E-state index contributed by atoms with van der Waals surface area (Å²) in [6.45, 7) is 13.4. The molecular weight excluding hydrogens is 360 g/mol. The zero-order valence-electron chi connectivity index (χ0n) is 18.4. The molecule has 0 saturated carbocycles. The topological polar surface area (TPSA) is 49.4 Å². The van der Waals surface area contributed by atoms with Crippen molar-refractivity contribution < 1.29 is 9.59 Å². The summed E-state index contributed by atoms with van der Waals surface area (Å²) in [4.78, 5) is 27.0. The zero-order chi connectivity index (χ0) is 21.4. The van der Waals surface area contributed by atoms with E-state index in [0.29, 0.717) is 6.54 Å². The van der Waals surface area contributed by atoms with E-state index in [0.717, 1.165) is 11.4 Å². The van der Waals surface area contributed by atoms with Crippen LogP contribution in [-0.4, -0.2) is 18.4 Å². The van der Waals surface area contributed by atoms with Gasteiger partial charge in [0.1, 0.15) is 0 Å². The highest BCUT2D eigenvalue weighted by molar-refractivity contribution is 6.03. The number of carbonyl (C=O) groups excluding carboxylic acids is 2. The van der Waals surface area contributed by atoms with Crippen molar-refractivity contribution in [3.05, 3.63) is 59.7 Å². The van der Waals surface area contributed by atoms with Crippen molar-refractivity contribution >= 4 is 23.2 Å². The first-order valence-electron chi connectivity index (χ1n) is 10.3.